The first-order valence-electron chi connectivity index (χ1n) is 17.1. The zero-order valence-electron chi connectivity index (χ0n) is 29.4. The van der Waals surface area contributed by atoms with Crippen LogP contribution in [0.1, 0.15) is 27.7 Å². The third kappa shape index (κ3) is 6.48. The Morgan fingerprint density at radius 2 is 1.10 bits per heavy atom. The summed E-state index contributed by atoms with van der Waals surface area (Å²) < 4.78 is 5.14. The molecule has 3 heteroatoms. The maximum absolute atomic E-state index is 3.36. The van der Waals surface area contributed by atoms with Gasteiger partial charge in [-0.2, -0.15) is 0 Å². The molecular formula is C46H46BNS. The summed E-state index contributed by atoms with van der Waals surface area (Å²) >= 11 is 1.88. The van der Waals surface area contributed by atoms with Gasteiger partial charge in [-0.1, -0.05) is 169 Å². The molecule has 0 N–H and O–H groups in total. The van der Waals surface area contributed by atoms with E-state index in [1.54, 1.807) is 24.3 Å². The van der Waals surface area contributed by atoms with E-state index in [0.717, 1.165) is 0 Å². The minimum atomic E-state index is 0.351. The third-order valence-corrected chi connectivity index (χ3v) is 11.8. The summed E-state index contributed by atoms with van der Waals surface area (Å²) in [6.07, 6.45) is 9.05. The number of aromatic nitrogens is 1. The molecule has 1 nitrogen and oxygen atoms in total. The lowest BCUT2D eigenvalue weighted by atomic mass is 9.42. The van der Waals surface area contributed by atoms with Crippen molar-refractivity contribution in [1.29, 1.82) is 0 Å². The quantitative estimate of drug-likeness (QED) is 0.128. The smallest absolute Gasteiger partial charge is 0.177 e. The number of thiophene rings is 1. The van der Waals surface area contributed by atoms with E-state index < -0.39 is 0 Å². The van der Waals surface area contributed by atoms with Crippen LogP contribution in [0.3, 0.4) is 0 Å². The fraction of sp³-hybridized carbons (Fsp3) is 0.174. The molecule has 0 saturated carbocycles. The topological polar surface area (TPSA) is 4.93 Å². The van der Waals surface area contributed by atoms with E-state index in [1.807, 2.05) is 11.3 Å². The van der Waals surface area contributed by atoms with Gasteiger partial charge < -0.3 is 4.57 Å². The second-order valence-electron chi connectivity index (χ2n) is 14.3. The molecule has 1 fully saturated rings. The van der Waals surface area contributed by atoms with Crippen molar-refractivity contribution in [3.05, 3.63) is 160 Å². The predicted molar refractivity (Wildman–Crippen MR) is 222 cm³/mol. The van der Waals surface area contributed by atoms with Crippen LogP contribution in [0.4, 0.5) is 0 Å². The van der Waals surface area contributed by atoms with Crippen molar-refractivity contribution in [3.63, 3.8) is 0 Å². The molecule has 0 spiro atoms. The molecule has 0 amide bonds. The van der Waals surface area contributed by atoms with Crippen LogP contribution in [0.5, 0.6) is 0 Å². The predicted octanol–water partition coefficient (Wildman–Crippen LogP) is 13.3. The molecule has 0 radical (unpaired) electrons. The van der Waals surface area contributed by atoms with Crippen molar-refractivity contribution in [3.8, 4) is 16.8 Å². The van der Waals surface area contributed by atoms with Gasteiger partial charge in [0.25, 0.3) is 0 Å². The molecular weight excluding hydrogens is 609 g/mol. The lowest BCUT2D eigenvalue weighted by Crippen LogP contribution is -2.27. The number of nitrogens with zero attached hydrogens (tertiary/aromatic N) is 1. The van der Waals surface area contributed by atoms with Gasteiger partial charge in [-0.05, 0) is 58.4 Å². The zero-order valence-corrected chi connectivity index (χ0v) is 30.2. The lowest BCUT2D eigenvalue weighted by molar-refractivity contribution is 0.177. The number of allylic oxidation sites excluding steroid dienone is 4. The molecule has 1 aliphatic heterocycles. The van der Waals surface area contributed by atoms with Gasteiger partial charge in [0.05, 0.1) is 11.0 Å². The molecule has 0 atom stereocenters. The summed E-state index contributed by atoms with van der Waals surface area (Å²) in [7, 11) is 0. The monoisotopic (exact) mass is 655 g/mol. The Bertz CT molecular complexity index is 2270. The van der Waals surface area contributed by atoms with Gasteiger partial charge in [-0.15, -0.1) is 11.3 Å². The Labute approximate surface area is 296 Å². The van der Waals surface area contributed by atoms with Crippen molar-refractivity contribution in [1.82, 2.24) is 4.57 Å². The highest BCUT2D eigenvalue weighted by molar-refractivity contribution is 7.25. The van der Waals surface area contributed by atoms with E-state index >= 15 is 0 Å². The van der Waals surface area contributed by atoms with E-state index in [1.165, 1.54) is 76.9 Å². The molecule has 1 aliphatic rings. The SMILES string of the molecule is C=CC=C.C=CC=C.CC1(C)CB(c2ccc3c(c2)c2ccccc2n3-c2ccc(-c3ccc4c(c3)sc3ccccc34)cc2)CC1(C)C. The number of hydrogen-bond acceptors (Lipinski definition) is 1. The minimum Gasteiger partial charge on any atom is -0.309 e. The number of hydrogen-bond donors (Lipinski definition) is 0. The van der Waals surface area contributed by atoms with Crippen molar-refractivity contribution in [2.45, 2.75) is 40.3 Å². The number of rotatable bonds is 5. The maximum atomic E-state index is 3.36. The fourth-order valence-corrected chi connectivity index (χ4v) is 8.47. The fourth-order valence-electron chi connectivity index (χ4n) is 7.32. The molecule has 2 aromatic heterocycles. The third-order valence-electron chi connectivity index (χ3n) is 10.7. The van der Waals surface area contributed by atoms with Gasteiger partial charge in [0.15, 0.2) is 6.71 Å². The standard InChI is InChI=1S/C38H34BNS.2C4H6/c1-37(2)23-39(24-38(37,3)4)27-16-20-34-32(22-27)29-9-5-7-11-33(29)40(34)28-17-13-25(14-18-28)26-15-19-31-30-10-6-8-12-35(30)41-36(31)21-26;2*1-3-4-2/h5-22H,23-24H2,1-4H3;2*3-4H,1-2H2. The van der Waals surface area contributed by atoms with Crippen LogP contribution >= 0.6 is 11.3 Å². The highest BCUT2D eigenvalue weighted by Crippen LogP contribution is 2.52. The number of para-hydroxylation sites is 1. The van der Waals surface area contributed by atoms with Crippen molar-refractivity contribution in [2.24, 2.45) is 10.8 Å². The molecule has 244 valence electrons. The van der Waals surface area contributed by atoms with Gasteiger partial charge >= 0.3 is 0 Å². The first-order chi connectivity index (χ1) is 23.6. The Morgan fingerprint density at radius 3 is 1.76 bits per heavy atom. The summed E-state index contributed by atoms with van der Waals surface area (Å²) in [6.45, 7) is 23.8. The Kier molecular flexibility index (Phi) is 9.68. The highest BCUT2D eigenvalue weighted by atomic mass is 32.1. The average molecular weight is 656 g/mol. The minimum absolute atomic E-state index is 0.351. The van der Waals surface area contributed by atoms with E-state index in [0.29, 0.717) is 17.5 Å². The van der Waals surface area contributed by atoms with Crippen molar-refractivity contribution >= 4 is 65.5 Å². The van der Waals surface area contributed by atoms with Crippen LogP contribution in [0, 0.1) is 10.8 Å². The van der Waals surface area contributed by atoms with Crippen molar-refractivity contribution < 1.29 is 0 Å². The molecule has 0 unspecified atom stereocenters. The van der Waals surface area contributed by atoms with E-state index in [2.05, 4.69) is 168 Å². The summed E-state index contributed by atoms with van der Waals surface area (Å²) in [4.78, 5) is 0. The molecule has 49 heavy (non-hydrogen) atoms. The second kappa shape index (κ2) is 13.9. The van der Waals surface area contributed by atoms with Gasteiger partial charge in [0.2, 0.25) is 0 Å². The maximum Gasteiger partial charge on any atom is 0.177 e. The summed E-state index contributed by atoms with van der Waals surface area (Å²) in [5.41, 5.74) is 8.47. The van der Waals surface area contributed by atoms with Crippen LogP contribution in [0.2, 0.25) is 12.6 Å². The molecule has 7 aromatic rings. The molecule has 0 bridgehead atoms. The largest absolute Gasteiger partial charge is 0.309 e. The normalized spacial score (nSPS) is 14.6. The van der Waals surface area contributed by atoms with Gasteiger partial charge in [0.1, 0.15) is 0 Å². The van der Waals surface area contributed by atoms with Crippen LogP contribution < -0.4 is 5.46 Å². The molecule has 8 rings (SSSR count). The van der Waals surface area contributed by atoms with Gasteiger partial charge in [-0.3, -0.25) is 0 Å². The van der Waals surface area contributed by atoms with E-state index in [4.69, 9.17) is 0 Å². The van der Waals surface area contributed by atoms with E-state index in [-0.39, 0.29) is 0 Å². The Hall–Kier alpha value is -4.86. The Balaban J connectivity index is 0.000000473. The highest BCUT2D eigenvalue weighted by Gasteiger charge is 2.48. The lowest BCUT2D eigenvalue weighted by Gasteiger charge is -2.35. The molecule has 0 aliphatic carbocycles. The van der Waals surface area contributed by atoms with Crippen molar-refractivity contribution in [2.75, 3.05) is 0 Å². The zero-order chi connectivity index (χ0) is 34.8. The molecule has 1 saturated heterocycles. The Morgan fingerprint density at radius 1 is 0.551 bits per heavy atom. The average Bonchev–Trinajstić information content (AvgIpc) is 3.73. The summed E-state index contributed by atoms with van der Waals surface area (Å²) in [5.74, 6) is 0. The van der Waals surface area contributed by atoms with Crippen LogP contribution in [-0.2, 0) is 0 Å². The first kappa shape index (κ1) is 34.0. The summed E-state index contributed by atoms with van der Waals surface area (Å²) in [5, 5.41) is 5.39. The second-order valence-corrected chi connectivity index (χ2v) is 15.4. The van der Waals surface area contributed by atoms with E-state index in [9.17, 15) is 0 Å². The van der Waals surface area contributed by atoms with Crippen LogP contribution in [-0.4, -0.2) is 11.3 Å². The number of benzene rings is 5. The van der Waals surface area contributed by atoms with Crippen LogP contribution in [0.15, 0.2) is 160 Å². The van der Waals surface area contributed by atoms with Crippen LogP contribution in [0.25, 0.3) is 58.8 Å². The molecule has 3 heterocycles. The molecule has 5 aromatic carbocycles. The van der Waals surface area contributed by atoms with Gasteiger partial charge in [-0.25, -0.2) is 0 Å². The summed E-state index contributed by atoms with van der Waals surface area (Å²) in [6, 6.07) is 40.9. The number of fused-ring (bicyclic) bond motifs is 6. The first-order valence-corrected chi connectivity index (χ1v) is 18.0. The van der Waals surface area contributed by atoms with Gasteiger partial charge in [0, 0.05) is 36.6 Å².